The molecule has 21 heavy (non-hydrogen) atoms. The van der Waals surface area contributed by atoms with Crippen LogP contribution in [0.1, 0.15) is 58.3 Å². The molecule has 1 N–H and O–H groups in total. The van der Waals surface area contributed by atoms with E-state index in [1.807, 2.05) is 0 Å². The van der Waals surface area contributed by atoms with Crippen LogP contribution in [0.2, 0.25) is 0 Å². The molecule has 0 atom stereocenters. The Bertz CT molecular complexity index is 221. The molecule has 0 rings (SSSR count). The van der Waals surface area contributed by atoms with Crippen molar-refractivity contribution in [2.75, 3.05) is 39.6 Å². The van der Waals surface area contributed by atoms with Crippen LogP contribution in [0.5, 0.6) is 0 Å². The third-order valence-electron chi connectivity index (χ3n) is 3.07. The van der Waals surface area contributed by atoms with Gasteiger partial charge in [0.05, 0.1) is 26.4 Å². The molecule has 0 radical (unpaired) electrons. The SMILES string of the molecule is CCCCCCCCOCCOCCOCCCC(=O)O. The molecule has 0 saturated heterocycles. The average molecular weight is 304 g/mol. The third kappa shape index (κ3) is 19.4. The lowest BCUT2D eigenvalue weighted by molar-refractivity contribution is -0.137. The van der Waals surface area contributed by atoms with Crippen LogP contribution in [0.4, 0.5) is 0 Å². The second-order valence-corrected chi connectivity index (χ2v) is 5.10. The second-order valence-electron chi connectivity index (χ2n) is 5.10. The quantitative estimate of drug-likeness (QED) is 0.418. The summed E-state index contributed by atoms with van der Waals surface area (Å²) < 4.78 is 16.1. The number of carboxylic acid groups (broad SMARTS) is 1. The van der Waals surface area contributed by atoms with Gasteiger partial charge >= 0.3 is 5.97 Å². The highest BCUT2D eigenvalue weighted by Crippen LogP contribution is 2.04. The van der Waals surface area contributed by atoms with Crippen molar-refractivity contribution in [1.82, 2.24) is 0 Å². The Morgan fingerprint density at radius 2 is 1.19 bits per heavy atom. The van der Waals surface area contributed by atoms with E-state index in [9.17, 15) is 4.79 Å². The minimum absolute atomic E-state index is 0.160. The van der Waals surface area contributed by atoms with Crippen LogP contribution in [0.3, 0.4) is 0 Å². The molecule has 5 heteroatoms. The molecule has 0 aromatic carbocycles. The van der Waals surface area contributed by atoms with Gasteiger partial charge in [-0.3, -0.25) is 4.79 Å². The van der Waals surface area contributed by atoms with Crippen molar-refractivity contribution in [2.45, 2.75) is 58.3 Å². The average Bonchev–Trinajstić information content (AvgIpc) is 2.46. The van der Waals surface area contributed by atoms with Crippen molar-refractivity contribution >= 4 is 5.97 Å². The van der Waals surface area contributed by atoms with E-state index in [1.54, 1.807) is 0 Å². The summed E-state index contributed by atoms with van der Waals surface area (Å²) in [5, 5.41) is 8.43. The highest BCUT2D eigenvalue weighted by Gasteiger charge is 1.96. The molecule has 0 amide bonds. The summed E-state index contributed by atoms with van der Waals surface area (Å²) in [7, 11) is 0. The Hall–Kier alpha value is -0.650. The van der Waals surface area contributed by atoms with Crippen LogP contribution in [0.15, 0.2) is 0 Å². The van der Waals surface area contributed by atoms with E-state index in [1.165, 1.54) is 32.1 Å². The molecule has 5 nitrogen and oxygen atoms in total. The molecule has 0 fully saturated rings. The predicted octanol–water partition coefficient (Wildman–Crippen LogP) is 3.26. The zero-order valence-corrected chi connectivity index (χ0v) is 13.5. The van der Waals surface area contributed by atoms with Gasteiger partial charge in [-0.05, 0) is 12.8 Å². The van der Waals surface area contributed by atoms with Crippen LogP contribution < -0.4 is 0 Å². The highest BCUT2D eigenvalue weighted by atomic mass is 16.5. The molecule has 0 bridgehead atoms. The monoisotopic (exact) mass is 304 g/mol. The van der Waals surface area contributed by atoms with E-state index in [0.29, 0.717) is 39.5 Å². The van der Waals surface area contributed by atoms with E-state index in [2.05, 4.69) is 6.92 Å². The first-order chi connectivity index (χ1) is 10.3. The zero-order valence-electron chi connectivity index (χ0n) is 13.5. The van der Waals surface area contributed by atoms with Crippen LogP contribution in [0, 0.1) is 0 Å². The van der Waals surface area contributed by atoms with Gasteiger partial charge < -0.3 is 19.3 Å². The molecule has 126 valence electrons. The van der Waals surface area contributed by atoms with Crippen molar-refractivity contribution in [3.63, 3.8) is 0 Å². The molecule has 0 aliphatic heterocycles. The minimum atomic E-state index is -0.780. The fraction of sp³-hybridized carbons (Fsp3) is 0.938. The van der Waals surface area contributed by atoms with Crippen molar-refractivity contribution in [2.24, 2.45) is 0 Å². The fourth-order valence-corrected chi connectivity index (χ4v) is 1.85. The van der Waals surface area contributed by atoms with Gasteiger partial charge in [0.15, 0.2) is 0 Å². The molecular formula is C16H32O5. The number of carboxylic acids is 1. The number of aliphatic carboxylic acids is 1. The van der Waals surface area contributed by atoms with Crippen LogP contribution >= 0.6 is 0 Å². The second kappa shape index (κ2) is 17.4. The number of hydrogen-bond donors (Lipinski definition) is 1. The van der Waals surface area contributed by atoms with Crippen LogP contribution in [-0.2, 0) is 19.0 Å². The Balaban J connectivity index is 2.95. The molecule has 0 heterocycles. The van der Waals surface area contributed by atoms with E-state index >= 15 is 0 Å². The zero-order chi connectivity index (χ0) is 15.6. The standard InChI is InChI=1S/C16H32O5/c1-2-3-4-5-6-7-10-19-12-14-21-15-13-20-11-8-9-16(17)18/h2-15H2,1H3,(H,17,18). The van der Waals surface area contributed by atoms with Crippen molar-refractivity contribution in [1.29, 1.82) is 0 Å². The van der Waals surface area contributed by atoms with Gasteiger partial charge in [0, 0.05) is 19.6 Å². The smallest absolute Gasteiger partial charge is 0.303 e. The van der Waals surface area contributed by atoms with E-state index in [-0.39, 0.29) is 6.42 Å². The highest BCUT2D eigenvalue weighted by molar-refractivity contribution is 5.66. The van der Waals surface area contributed by atoms with Gasteiger partial charge in [0.25, 0.3) is 0 Å². The summed E-state index contributed by atoms with van der Waals surface area (Å²) in [5.74, 6) is -0.780. The largest absolute Gasteiger partial charge is 0.481 e. The molecule has 0 aliphatic rings. The Morgan fingerprint density at radius 3 is 1.76 bits per heavy atom. The van der Waals surface area contributed by atoms with Crippen molar-refractivity contribution in [3.05, 3.63) is 0 Å². The minimum Gasteiger partial charge on any atom is -0.481 e. The van der Waals surface area contributed by atoms with Gasteiger partial charge in [-0.1, -0.05) is 39.0 Å². The Labute approximate surface area is 129 Å². The number of ether oxygens (including phenoxy) is 3. The van der Waals surface area contributed by atoms with Gasteiger partial charge in [0.1, 0.15) is 0 Å². The first-order valence-electron chi connectivity index (χ1n) is 8.22. The lowest BCUT2D eigenvalue weighted by Crippen LogP contribution is -2.10. The predicted molar refractivity (Wildman–Crippen MR) is 82.7 cm³/mol. The lowest BCUT2D eigenvalue weighted by Gasteiger charge is -2.06. The van der Waals surface area contributed by atoms with Gasteiger partial charge in [-0.25, -0.2) is 0 Å². The van der Waals surface area contributed by atoms with Crippen LogP contribution in [-0.4, -0.2) is 50.7 Å². The van der Waals surface area contributed by atoms with Gasteiger partial charge in [-0.2, -0.15) is 0 Å². The topological polar surface area (TPSA) is 65.0 Å². The molecule has 0 spiro atoms. The molecular weight excluding hydrogens is 272 g/mol. The van der Waals surface area contributed by atoms with E-state index < -0.39 is 5.97 Å². The van der Waals surface area contributed by atoms with Gasteiger partial charge in [0.2, 0.25) is 0 Å². The van der Waals surface area contributed by atoms with Crippen molar-refractivity contribution < 1.29 is 24.1 Å². The molecule has 0 aromatic rings. The maximum absolute atomic E-state index is 10.3. The maximum Gasteiger partial charge on any atom is 0.303 e. The molecule has 0 aliphatic carbocycles. The Kier molecular flexibility index (Phi) is 16.9. The summed E-state index contributed by atoms with van der Waals surface area (Å²) in [4.78, 5) is 10.3. The Morgan fingerprint density at radius 1 is 0.714 bits per heavy atom. The number of rotatable bonds is 17. The third-order valence-corrected chi connectivity index (χ3v) is 3.07. The van der Waals surface area contributed by atoms with Crippen molar-refractivity contribution in [3.8, 4) is 0 Å². The summed E-state index contributed by atoms with van der Waals surface area (Å²) in [5.41, 5.74) is 0. The molecule has 0 unspecified atom stereocenters. The summed E-state index contributed by atoms with van der Waals surface area (Å²) in [6, 6.07) is 0. The summed E-state index contributed by atoms with van der Waals surface area (Å²) in [6.07, 6.45) is 8.38. The normalized spacial score (nSPS) is 10.9. The first-order valence-corrected chi connectivity index (χ1v) is 8.22. The summed E-state index contributed by atoms with van der Waals surface area (Å²) in [6.45, 7) is 5.79. The number of carbonyl (C=O) groups is 1. The van der Waals surface area contributed by atoms with Crippen LogP contribution in [0.25, 0.3) is 0 Å². The number of unbranched alkanes of at least 4 members (excludes halogenated alkanes) is 5. The lowest BCUT2D eigenvalue weighted by atomic mass is 10.1. The van der Waals surface area contributed by atoms with E-state index in [4.69, 9.17) is 19.3 Å². The van der Waals surface area contributed by atoms with Gasteiger partial charge in [-0.15, -0.1) is 0 Å². The fourth-order valence-electron chi connectivity index (χ4n) is 1.85. The molecule has 0 saturated carbocycles. The first kappa shape index (κ1) is 20.3. The number of hydrogen-bond acceptors (Lipinski definition) is 4. The summed E-state index contributed by atoms with van der Waals surface area (Å²) >= 11 is 0. The molecule has 0 aromatic heterocycles. The van der Waals surface area contributed by atoms with E-state index in [0.717, 1.165) is 13.0 Å². The maximum atomic E-state index is 10.3.